The lowest BCUT2D eigenvalue weighted by Gasteiger charge is -2.27. The van der Waals surface area contributed by atoms with Crippen molar-refractivity contribution in [2.24, 2.45) is 5.92 Å². The van der Waals surface area contributed by atoms with Crippen LogP contribution in [-0.4, -0.2) is 58.3 Å². The Kier molecular flexibility index (Phi) is 6.53. The lowest BCUT2D eigenvalue weighted by Crippen LogP contribution is -2.36. The van der Waals surface area contributed by atoms with Crippen LogP contribution >= 0.6 is 0 Å². The third-order valence-electron chi connectivity index (χ3n) is 6.67. The summed E-state index contributed by atoms with van der Waals surface area (Å²) in [6.07, 6.45) is 4.27. The van der Waals surface area contributed by atoms with Gasteiger partial charge in [0.1, 0.15) is 6.61 Å². The van der Waals surface area contributed by atoms with E-state index >= 15 is 0 Å². The van der Waals surface area contributed by atoms with Gasteiger partial charge in [-0.25, -0.2) is 8.78 Å². The molecule has 0 amide bonds. The molecule has 7 heteroatoms. The Labute approximate surface area is 181 Å². The van der Waals surface area contributed by atoms with Gasteiger partial charge >= 0.3 is 0 Å². The van der Waals surface area contributed by atoms with E-state index in [0.717, 1.165) is 54.4 Å². The number of nitrogens with zero attached hydrogens (tertiary/aromatic N) is 2. The highest BCUT2D eigenvalue weighted by molar-refractivity contribution is 6.11. The van der Waals surface area contributed by atoms with Gasteiger partial charge in [-0.1, -0.05) is 24.6 Å². The number of Topliss-reactive ketones (excluding diaryl/α,β-unsaturated/α-hetero) is 2. The number of aryl methyl sites for hydroxylation is 1. The van der Waals surface area contributed by atoms with Gasteiger partial charge in [-0.3, -0.25) is 14.5 Å². The van der Waals surface area contributed by atoms with Crippen LogP contribution in [0.3, 0.4) is 0 Å². The van der Waals surface area contributed by atoms with Crippen LogP contribution in [-0.2, 0) is 17.8 Å². The van der Waals surface area contributed by atoms with Gasteiger partial charge in [-0.2, -0.15) is 0 Å². The van der Waals surface area contributed by atoms with E-state index in [0.29, 0.717) is 25.9 Å². The smallest absolute Gasteiger partial charge is 0.261 e. The summed E-state index contributed by atoms with van der Waals surface area (Å²) < 4.78 is 29.4. The van der Waals surface area contributed by atoms with Crippen molar-refractivity contribution in [2.75, 3.05) is 26.2 Å². The average Bonchev–Trinajstić information content (AvgIpc) is 3.26. The van der Waals surface area contributed by atoms with Gasteiger partial charge in [-0.05, 0) is 31.7 Å². The molecular formula is C24H30F2N2O3. The molecule has 5 nitrogen and oxygen atoms in total. The topological polar surface area (TPSA) is 62.5 Å². The van der Waals surface area contributed by atoms with E-state index in [9.17, 15) is 18.4 Å². The van der Waals surface area contributed by atoms with E-state index in [4.69, 9.17) is 5.11 Å². The first kappa shape index (κ1) is 22.1. The fraction of sp³-hybridized carbons (Fsp3) is 0.583. The number of fused-ring (bicyclic) bond motifs is 3. The molecule has 0 radical (unpaired) electrons. The number of likely N-dealkylation sites (tertiary alicyclic amines) is 1. The molecule has 168 valence electrons. The molecule has 2 aromatic rings. The predicted octanol–water partition coefficient (Wildman–Crippen LogP) is 3.85. The van der Waals surface area contributed by atoms with E-state index in [1.807, 2.05) is 24.3 Å². The van der Waals surface area contributed by atoms with Crippen LogP contribution in [0.2, 0.25) is 0 Å². The third-order valence-corrected chi connectivity index (χ3v) is 6.67. The lowest BCUT2D eigenvalue weighted by atomic mass is 9.84. The number of hydrogen-bond donors (Lipinski definition) is 1. The Morgan fingerprint density at radius 2 is 2.00 bits per heavy atom. The van der Waals surface area contributed by atoms with Crippen molar-refractivity contribution in [3.05, 3.63) is 35.5 Å². The zero-order valence-electron chi connectivity index (χ0n) is 17.8. The fourth-order valence-electron chi connectivity index (χ4n) is 5.09. The average molecular weight is 433 g/mol. The van der Waals surface area contributed by atoms with E-state index in [1.54, 1.807) is 4.90 Å². The molecule has 1 aromatic carbocycles. The molecule has 0 spiro atoms. The molecule has 1 unspecified atom stereocenters. The number of halogens is 2. The summed E-state index contributed by atoms with van der Waals surface area (Å²) in [6.45, 7) is 0.897. The first-order valence-corrected chi connectivity index (χ1v) is 11.3. The monoisotopic (exact) mass is 432 g/mol. The van der Waals surface area contributed by atoms with Gasteiger partial charge in [0, 0.05) is 60.6 Å². The van der Waals surface area contributed by atoms with Gasteiger partial charge in [0.05, 0.1) is 6.54 Å². The molecule has 2 aliphatic rings. The Hall–Kier alpha value is -2.12. The number of alkyl halides is 2. The Morgan fingerprint density at radius 3 is 2.74 bits per heavy atom. The Morgan fingerprint density at radius 1 is 1.19 bits per heavy atom. The number of ketones is 2. The van der Waals surface area contributed by atoms with Crippen LogP contribution in [0.15, 0.2) is 24.3 Å². The highest BCUT2D eigenvalue weighted by atomic mass is 19.3. The molecule has 1 N–H and O–H groups in total. The van der Waals surface area contributed by atoms with Gasteiger partial charge < -0.3 is 9.67 Å². The number of carbonyl (C=O) groups excluding carboxylic acids is 2. The Balaban J connectivity index is 1.49. The highest BCUT2D eigenvalue weighted by Crippen LogP contribution is 2.36. The van der Waals surface area contributed by atoms with Gasteiger partial charge in [0.2, 0.25) is 0 Å². The summed E-state index contributed by atoms with van der Waals surface area (Å²) in [5.74, 6) is -2.91. The van der Waals surface area contributed by atoms with Crippen LogP contribution in [0.25, 0.3) is 10.9 Å². The maximum Gasteiger partial charge on any atom is 0.261 e. The maximum atomic E-state index is 13.6. The minimum absolute atomic E-state index is 0.0833. The van der Waals surface area contributed by atoms with Gasteiger partial charge in [-0.15, -0.1) is 0 Å². The van der Waals surface area contributed by atoms with Crippen molar-refractivity contribution >= 4 is 22.5 Å². The molecule has 2 heterocycles. The Bertz CT molecular complexity index is 969. The van der Waals surface area contributed by atoms with Gasteiger partial charge in [0.25, 0.3) is 5.92 Å². The van der Waals surface area contributed by atoms with Crippen molar-refractivity contribution in [3.63, 3.8) is 0 Å². The van der Waals surface area contributed by atoms with Crippen molar-refractivity contribution in [3.8, 4) is 0 Å². The number of rotatable bonds is 9. The quantitative estimate of drug-likeness (QED) is 0.612. The van der Waals surface area contributed by atoms with E-state index in [-0.39, 0.29) is 30.4 Å². The zero-order chi connectivity index (χ0) is 22.0. The molecule has 1 saturated heterocycles. The molecule has 4 rings (SSSR count). The number of hydrogen-bond acceptors (Lipinski definition) is 4. The second-order valence-corrected chi connectivity index (χ2v) is 8.94. The van der Waals surface area contributed by atoms with Crippen LogP contribution < -0.4 is 0 Å². The van der Waals surface area contributed by atoms with Crippen LogP contribution in [0, 0.1) is 5.92 Å². The second kappa shape index (κ2) is 9.17. The number of benzene rings is 1. The molecule has 1 atom stereocenters. The molecule has 1 aromatic heterocycles. The number of unbranched alkanes of at least 4 members (excludes halogenated alkanes) is 2. The summed E-state index contributed by atoms with van der Waals surface area (Å²) >= 11 is 0. The molecule has 1 aliphatic carbocycles. The summed E-state index contributed by atoms with van der Waals surface area (Å²) in [4.78, 5) is 26.4. The van der Waals surface area contributed by atoms with Crippen molar-refractivity contribution < 1.29 is 23.5 Å². The first-order chi connectivity index (χ1) is 14.9. The number of aliphatic hydroxyl groups excluding tert-OH is 1. The molecular weight excluding hydrogens is 402 g/mol. The summed E-state index contributed by atoms with van der Waals surface area (Å²) in [7, 11) is 0. The highest BCUT2D eigenvalue weighted by Gasteiger charge is 2.41. The number of carbonyl (C=O) groups is 2. The normalized spacial score (nSPS) is 21.0. The first-order valence-electron chi connectivity index (χ1n) is 11.3. The van der Waals surface area contributed by atoms with Crippen molar-refractivity contribution in [2.45, 2.75) is 57.4 Å². The molecule has 0 saturated carbocycles. The summed E-state index contributed by atoms with van der Waals surface area (Å²) in [5, 5.41) is 9.78. The SMILES string of the molecule is O=C(CO)CCCCCn1c2c(c3ccccc31)C(=O)C(CN1CCC(F)(F)C1)CC2. The number of aromatic nitrogens is 1. The minimum Gasteiger partial charge on any atom is -0.389 e. The van der Waals surface area contributed by atoms with Crippen molar-refractivity contribution in [1.29, 1.82) is 0 Å². The molecule has 1 aliphatic heterocycles. The van der Waals surface area contributed by atoms with Crippen molar-refractivity contribution in [1.82, 2.24) is 9.47 Å². The van der Waals surface area contributed by atoms with Crippen LogP contribution in [0.4, 0.5) is 8.78 Å². The number of para-hydroxylation sites is 1. The van der Waals surface area contributed by atoms with Crippen LogP contribution in [0.5, 0.6) is 0 Å². The maximum absolute atomic E-state index is 13.6. The van der Waals surface area contributed by atoms with E-state index in [2.05, 4.69) is 4.57 Å². The zero-order valence-corrected chi connectivity index (χ0v) is 17.8. The van der Waals surface area contributed by atoms with Gasteiger partial charge in [0.15, 0.2) is 11.6 Å². The summed E-state index contributed by atoms with van der Waals surface area (Å²) in [6, 6.07) is 7.92. The van der Waals surface area contributed by atoms with E-state index < -0.39 is 12.5 Å². The molecule has 1 fully saturated rings. The van der Waals surface area contributed by atoms with Crippen LogP contribution in [0.1, 0.15) is 54.6 Å². The number of aliphatic hydroxyl groups is 1. The minimum atomic E-state index is -2.64. The summed E-state index contributed by atoms with van der Waals surface area (Å²) in [5.41, 5.74) is 2.87. The predicted molar refractivity (Wildman–Crippen MR) is 115 cm³/mol. The molecule has 31 heavy (non-hydrogen) atoms. The third kappa shape index (κ3) is 4.72. The standard InChI is InChI=1S/C24H30F2N2O3/c25-24(26)11-13-27(16-24)14-17-9-10-21-22(23(17)31)19-7-3-4-8-20(19)28(21)12-5-1-2-6-18(30)15-29/h3-4,7-8,17,29H,1-2,5-6,9-16H2. The molecule has 0 bridgehead atoms. The second-order valence-electron chi connectivity index (χ2n) is 8.94. The largest absolute Gasteiger partial charge is 0.389 e. The lowest BCUT2D eigenvalue weighted by molar-refractivity contribution is -0.121. The fourth-order valence-corrected chi connectivity index (χ4v) is 5.09. The van der Waals surface area contributed by atoms with E-state index in [1.165, 1.54) is 0 Å².